The molecule has 0 aromatic carbocycles. The lowest BCUT2D eigenvalue weighted by Gasteiger charge is -2.33. The molecule has 3 N–H and O–H groups in total. The van der Waals surface area contributed by atoms with E-state index >= 15 is 0 Å². The number of aromatic nitrogens is 2. The average molecular weight is 376 g/mol. The zero-order valence-corrected chi connectivity index (χ0v) is 16.1. The van der Waals surface area contributed by atoms with Crippen molar-refractivity contribution in [3.8, 4) is 0 Å². The summed E-state index contributed by atoms with van der Waals surface area (Å²) in [5, 5.41) is 14.9. The van der Waals surface area contributed by atoms with Crippen molar-refractivity contribution in [3.05, 3.63) is 24.3 Å². The third-order valence-corrected chi connectivity index (χ3v) is 4.89. The normalized spacial score (nSPS) is 17.6. The molecular weight excluding hydrogens is 348 g/mol. The van der Waals surface area contributed by atoms with Crippen molar-refractivity contribution in [2.24, 2.45) is 11.3 Å². The predicted octanol–water partition coefficient (Wildman–Crippen LogP) is 1.77. The second-order valence-corrected chi connectivity index (χ2v) is 8.09. The molecule has 1 saturated carbocycles. The molecular formula is C19H28N4O4. The van der Waals surface area contributed by atoms with E-state index in [4.69, 9.17) is 0 Å². The fourth-order valence-corrected chi connectivity index (χ4v) is 3.38. The van der Waals surface area contributed by atoms with Crippen LogP contribution in [0, 0.1) is 11.3 Å². The number of carbonyl (C=O) groups excluding carboxylic acids is 2. The van der Waals surface area contributed by atoms with Gasteiger partial charge in [0.2, 0.25) is 5.91 Å². The molecule has 0 spiro atoms. The van der Waals surface area contributed by atoms with E-state index in [1.807, 2.05) is 0 Å². The molecule has 1 heterocycles. The molecule has 0 radical (unpaired) electrons. The van der Waals surface area contributed by atoms with E-state index in [9.17, 15) is 19.5 Å². The van der Waals surface area contributed by atoms with Crippen LogP contribution in [-0.4, -0.2) is 44.9 Å². The SMILES string of the molecule is CC(C)(C)[C@@H](NC(=O)[C@H](NC(=O)c1cnccn1)C1CCCCC1)C(=O)O. The minimum Gasteiger partial charge on any atom is -0.480 e. The zero-order valence-electron chi connectivity index (χ0n) is 16.1. The number of hydrogen-bond donors (Lipinski definition) is 3. The van der Waals surface area contributed by atoms with Crippen LogP contribution in [0.15, 0.2) is 18.6 Å². The standard InChI is InChI=1S/C19H28N4O4/c1-19(2,3)15(18(26)27)23-17(25)14(12-7-5-4-6-8-12)22-16(24)13-11-20-9-10-21-13/h9-12,14-15H,4-8H2,1-3H3,(H,22,24)(H,23,25)(H,26,27)/t14-,15+/m1/s1. The molecule has 27 heavy (non-hydrogen) atoms. The van der Waals surface area contributed by atoms with Crippen molar-refractivity contribution in [3.63, 3.8) is 0 Å². The van der Waals surface area contributed by atoms with Gasteiger partial charge in [0.05, 0.1) is 6.20 Å². The second-order valence-electron chi connectivity index (χ2n) is 8.09. The summed E-state index contributed by atoms with van der Waals surface area (Å²) in [7, 11) is 0. The number of amides is 2. The predicted molar refractivity (Wildman–Crippen MR) is 98.9 cm³/mol. The molecule has 1 fully saturated rings. The Balaban J connectivity index is 2.19. The van der Waals surface area contributed by atoms with Gasteiger partial charge in [-0.05, 0) is 24.2 Å². The zero-order chi connectivity index (χ0) is 20.0. The quantitative estimate of drug-likeness (QED) is 0.696. The van der Waals surface area contributed by atoms with Crippen molar-refractivity contribution in [1.82, 2.24) is 20.6 Å². The van der Waals surface area contributed by atoms with Crippen LogP contribution in [-0.2, 0) is 9.59 Å². The average Bonchev–Trinajstić information content (AvgIpc) is 2.64. The Morgan fingerprint density at radius 2 is 1.78 bits per heavy atom. The van der Waals surface area contributed by atoms with Crippen LogP contribution in [0.2, 0.25) is 0 Å². The molecule has 2 atom stereocenters. The smallest absolute Gasteiger partial charge is 0.326 e. The molecule has 2 rings (SSSR count). The maximum absolute atomic E-state index is 12.9. The van der Waals surface area contributed by atoms with Gasteiger partial charge in [-0.2, -0.15) is 0 Å². The van der Waals surface area contributed by atoms with Crippen LogP contribution < -0.4 is 10.6 Å². The lowest BCUT2D eigenvalue weighted by Crippen LogP contribution is -2.57. The van der Waals surface area contributed by atoms with Gasteiger partial charge in [0.15, 0.2) is 0 Å². The van der Waals surface area contributed by atoms with Gasteiger partial charge in [-0.3, -0.25) is 14.6 Å². The van der Waals surface area contributed by atoms with Crippen molar-refractivity contribution in [2.45, 2.75) is 65.0 Å². The van der Waals surface area contributed by atoms with Crippen LogP contribution in [0.3, 0.4) is 0 Å². The summed E-state index contributed by atoms with van der Waals surface area (Å²) in [5.74, 6) is -2.09. The van der Waals surface area contributed by atoms with Gasteiger partial charge < -0.3 is 15.7 Å². The fraction of sp³-hybridized carbons (Fsp3) is 0.632. The van der Waals surface area contributed by atoms with E-state index in [0.717, 1.165) is 32.1 Å². The molecule has 1 aliphatic rings. The molecule has 1 aromatic rings. The number of nitrogens with one attached hydrogen (secondary N) is 2. The van der Waals surface area contributed by atoms with Crippen LogP contribution in [0.5, 0.6) is 0 Å². The highest BCUT2D eigenvalue weighted by Crippen LogP contribution is 2.27. The van der Waals surface area contributed by atoms with Crippen LogP contribution in [0.1, 0.15) is 63.4 Å². The van der Waals surface area contributed by atoms with Crippen molar-refractivity contribution in [2.75, 3.05) is 0 Å². The summed E-state index contributed by atoms with van der Waals surface area (Å²) in [5.41, 5.74) is -0.537. The molecule has 8 nitrogen and oxygen atoms in total. The van der Waals surface area contributed by atoms with Gasteiger partial charge in [-0.1, -0.05) is 40.0 Å². The molecule has 1 aromatic heterocycles. The van der Waals surface area contributed by atoms with Gasteiger partial charge in [-0.15, -0.1) is 0 Å². The van der Waals surface area contributed by atoms with E-state index in [1.54, 1.807) is 20.8 Å². The van der Waals surface area contributed by atoms with Gasteiger partial charge in [0.25, 0.3) is 5.91 Å². The number of hydrogen-bond acceptors (Lipinski definition) is 5. The topological polar surface area (TPSA) is 121 Å². The monoisotopic (exact) mass is 376 g/mol. The highest BCUT2D eigenvalue weighted by molar-refractivity contribution is 5.96. The minimum atomic E-state index is -1.10. The van der Waals surface area contributed by atoms with Crippen LogP contribution in [0.4, 0.5) is 0 Å². The first-order valence-corrected chi connectivity index (χ1v) is 9.30. The van der Waals surface area contributed by atoms with Crippen molar-refractivity contribution in [1.29, 1.82) is 0 Å². The summed E-state index contributed by atoms with van der Waals surface area (Å²) in [4.78, 5) is 44.9. The Bertz CT molecular complexity index is 666. The lowest BCUT2D eigenvalue weighted by molar-refractivity contribution is -0.145. The Morgan fingerprint density at radius 1 is 1.11 bits per heavy atom. The van der Waals surface area contributed by atoms with Crippen molar-refractivity contribution >= 4 is 17.8 Å². The Kier molecular flexibility index (Phi) is 6.87. The van der Waals surface area contributed by atoms with Gasteiger partial charge in [0, 0.05) is 12.4 Å². The third kappa shape index (κ3) is 5.74. The molecule has 0 aliphatic heterocycles. The van der Waals surface area contributed by atoms with Gasteiger partial charge >= 0.3 is 5.97 Å². The van der Waals surface area contributed by atoms with Crippen LogP contribution in [0.25, 0.3) is 0 Å². The van der Waals surface area contributed by atoms with Gasteiger partial charge in [-0.25, -0.2) is 9.78 Å². The van der Waals surface area contributed by atoms with Gasteiger partial charge in [0.1, 0.15) is 17.8 Å². The lowest BCUT2D eigenvalue weighted by atomic mass is 9.82. The Labute approximate surface area is 159 Å². The third-order valence-electron chi connectivity index (χ3n) is 4.89. The van der Waals surface area contributed by atoms with E-state index in [1.165, 1.54) is 18.6 Å². The number of carboxylic acid groups (broad SMARTS) is 1. The molecule has 8 heteroatoms. The van der Waals surface area contributed by atoms with Crippen LogP contribution >= 0.6 is 0 Å². The van der Waals surface area contributed by atoms with E-state index in [0.29, 0.717) is 0 Å². The Morgan fingerprint density at radius 3 is 2.30 bits per heavy atom. The highest BCUT2D eigenvalue weighted by atomic mass is 16.4. The maximum atomic E-state index is 12.9. The van der Waals surface area contributed by atoms with E-state index in [2.05, 4.69) is 20.6 Å². The number of carbonyl (C=O) groups is 3. The van der Waals surface area contributed by atoms with E-state index in [-0.39, 0.29) is 11.6 Å². The molecule has 0 saturated heterocycles. The first-order chi connectivity index (χ1) is 12.7. The first kappa shape index (κ1) is 20.8. The molecule has 148 valence electrons. The first-order valence-electron chi connectivity index (χ1n) is 9.30. The summed E-state index contributed by atoms with van der Waals surface area (Å²) in [6, 6.07) is -1.85. The number of carboxylic acids is 1. The molecule has 2 amide bonds. The summed E-state index contributed by atoms with van der Waals surface area (Å²) in [6.07, 6.45) is 8.89. The summed E-state index contributed by atoms with van der Waals surface area (Å²) < 4.78 is 0. The highest BCUT2D eigenvalue weighted by Gasteiger charge is 2.37. The molecule has 1 aliphatic carbocycles. The number of rotatable bonds is 6. The van der Waals surface area contributed by atoms with Crippen molar-refractivity contribution < 1.29 is 19.5 Å². The molecule has 0 unspecified atom stereocenters. The Hall–Kier alpha value is -2.51. The second kappa shape index (κ2) is 8.92. The largest absolute Gasteiger partial charge is 0.480 e. The maximum Gasteiger partial charge on any atom is 0.326 e. The fourth-order valence-electron chi connectivity index (χ4n) is 3.38. The number of aliphatic carboxylic acids is 1. The number of nitrogens with zero attached hydrogens (tertiary/aromatic N) is 2. The minimum absolute atomic E-state index is 0.0335. The van der Waals surface area contributed by atoms with E-state index < -0.39 is 35.3 Å². The summed E-state index contributed by atoms with van der Waals surface area (Å²) in [6.45, 7) is 5.25. The molecule has 0 bridgehead atoms. The summed E-state index contributed by atoms with van der Waals surface area (Å²) >= 11 is 0.